The third-order valence-electron chi connectivity index (χ3n) is 4.96. The first-order chi connectivity index (χ1) is 14.1. The molecule has 0 atom stereocenters. The summed E-state index contributed by atoms with van der Waals surface area (Å²) in [6, 6.07) is 6.26. The summed E-state index contributed by atoms with van der Waals surface area (Å²) >= 11 is 1.42. The van der Waals surface area contributed by atoms with E-state index in [9.17, 15) is 4.79 Å². The Bertz CT molecular complexity index is 984. The van der Waals surface area contributed by atoms with E-state index in [1.54, 1.807) is 24.9 Å². The van der Waals surface area contributed by atoms with Crippen molar-refractivity contribution in [1.29, 1.82) is 0 Å². The Kier molecular flexibility index (Phi) is 5.75. The van der Waals surface area contributed by atoms with E-state index in [1.807, 2.05) is 9.47 Å². The van der Waals surface area contributed by atoms with Gasteiger partial charge in [-0.05, 0) is 25.5 Å². The van der Waals surface area contributed by atoms with Gasteiger partial charge in [-0.3, -0.25) is 14.3 Å². The molecule has 1 aromatic carbocycles. The normalized spacial score (nSPS) is 14.3. The van der Waals surface area contributed by atoms with Gasteiger partial charge < -0.3 is 9.80 Å². The van der Waals surface area contributed by atoms with Crippen LogP contribution in [0.5, 0.6) is 0 Å². The van der Waals surface area contributed by atoms with Gasteiger partial charge in [-0.15, -0.1) is 10.2 Å². The molecule has 29 heavy (non-hydrogen) atoms. The lowest BCUT2D eigenvalue weighted by Gasteiger charge is -2.35. The number of carbonyl (C=O) groups excluding carboxylic acids is 1. The quantitative estimate of drug-likeness (QED) is 0.597. The minimum Gasteiger partial charge on any atom is -0.352 e. The lowest BCUT2D eigenvalue weighted by atomic mass is 10.1. The molecule has 0 spiro atoms. The summed E-state index contributed by atoms with van der Waals surface area (Å²) in [6.45, 7) is 7.01. The number of anilines is 1. The fraction of sp³-hybridized carbons (Fsp3) is 0.350. The van der Waals surface area contributed by atoms with Gasteiger partial charge in [-0.2, -0.15) is 0 Å². The second-order valence-corrected chi connectivity index (χ2v) is 7.94. The van der Waals surface area contributed by atoms with Crippen molar-refractivity contribution in [1.82, 2.24) is 29.6 Å². The number of carbonyl (C=O) groups is 1. The van der Waals surface area contributed by atoms with Crippen LogP contribution in [0.1, 0.15) is 11.1 Å². The summed E-state index contributed by atoms with van der Waals surface area (Å²) in [6.07, 6.45) is 6.81. The zero-order valence-corrected chi connectivity index (χ0v) is 17.3. The van der Waals surface area contributed by atoms with E-state index in [4.69, 9.17) is 0 Å². The van der Waals surface area contributed by atoms with E-state index in [0.29, 0.717) is 18.8 Å². The number of nitrogens with zero attached hydrogens (tertiary/aromatic N) is 7. The molecule has 8 nitrogen and oxygen atoms in total. The zero-order chi connectivity index (χ0) is 20.2. The van der Waals surface area contributed by atoms with E-state index in [0.717, 1.165) is 35.3 Å². The predicted octanol–water partition coefficient (Wildman–Crippen LogP) is 2.12. The van der Waals surface area contributed by atoms with Crippen LogP contribution in [0.2, 0.25) is 0 Å². The van der Waals surface area contributed by atoms with Crippen molar-refractivity contribution in [2.75, 3.05) is 36.8 Å². The Balaban J connectivity index is 1.35. The highest BCUT2D eigenvalue weighted by Crippen LogP contribution is 2.23. The molecular formula is C20H23N7OS. The molecule has 0 N–H and O–H groups in total. The van der Waals surface area contributed by atoms with Gasteiger partial charge in [-0.25, -0.2) is 4.98 Å². The topological polar surface area (TPSA) is 80.0 Å². The van der Waals surface area contributed by atoms with E-state index in [2.05, 4.69) is 57.1 Å². The molecule has 3 heterocycles. The van der Waals surface area contributed by atoms with Gasteiger partial charge in [0.2, 0.25) is 5.91 Å². The highest BCUT2D eigenvalue weighted by molar-refractivity contribution is 7.99. The van der Waals surface area contributed by atoms with Gasteiger partial charge in [0.15, 0.2) is 5.16 Å². The summed E-state index contributed by atoms with van der Waals surface area (Å²) in [5, 5.41) is 8.98. The second kappa shape index (κ2) is 8.60. The van der Waals surface area contributed by atoms with Gasteiger partial charge in [0.25, 0.3) is 0 Å². The molecule has 0 unspecified atom stereocenters. The molecule has 1 fully saturated rings. The molecule has 1 aliphatic heterocycles. The molecule has 9 heteroatoms. The molecular weight excluding hydrogens is 386 g/mol. The standard InChI is InChI=1S/C20H23N7OS/c1-15-3-4-17(16(2)11-15)27-14-23-24-20(27)29-13-19(28)26-9-7-25(8-10-26)18-12-21-5-6-22-18/h3-6,11-12,14H,7-10,13H2,1-2H3. The summed E-state index contributed by atoms with van der Waals surface area (Å²) in [7, 11) is 0. The minimum absolute atomic E-state index is 0.115. The molecule has 0 bridgehead atoms. The van der Waals surface area contributed by atoms with Crippen LogP contribution in [0.15, 0.2) is 48.3 Å². The van der Waals surface area contributed by atoms with E-state index < -0.39 is 0 Å². The lowest BCUT2D eigenvalue weighted by molar-refractivity contribution is -0.128. The Morgan fingerprint density at radius 1 is 1.14 bits per heavy atom. The van der Waals surface area contributed by atoms with Crippen LogP contribution in [-0.4, -0.2) is 67.5 Å². The number of piperazine rings is 1. The van der Waals surface area contributed by atoms with Gasteiger partial charge in [0.1, 0.15) is 12.1 Å². The Hall–Kier alpha value is -2.94. The molecule has 0 radical (unpaired) electrons. The molecule has 0 aliphatic carbocycles. The summed E-state index contributed by atoms with van der Waals surface area (Å²) in [4.78, 5) is 25.2. The monoisotopic (exact) mass is 409 g/mol. The number of rotatable bonds is 5. The fourth-order valence-corrected chi connectivity index (χ4v) is 4.25. The van der Waals surface area contributed by atoms with Crippen molar-refractivity contribution in [2.24, 2.45) is 0 Å². The van der Waals surface area contributed by atoms with Crippen molar-refractivity contribution in [3.8, 4) is 5.69 Å². The minimum atomic E-state index is 0.115. The number of hydrogen-bond donors (Lipinski definition) is 0. The average molecular weight is 410 g/mol. The number of hydrogen-bond acceptors (Lipinski definition) is 7. The van der Waals surface area contributed by atoms with Crippen LogP contribution in [0.3, 0.4) is 0 Å². The van der Waals surface area contributed by atoms with E-state index >= 15 is 0 Å². The maximum atomic E-state index is 12.7. The summed E-state index contributed by atoms with van der Waals surface area (Å²) in [5.74, 6) is 1.31. The average Bonchev–Trinajstić information content (AvgIpc) is 3.21. The van der Waals surface area contributed by atoms with Crippen LogP contribution in [0.25, 0.3) is 5.69 Å². The zero-order valence-electron chi connectivity index (χ0n) is 16.5. The van der Waals surface area contributed by atoms with Crippen molar-refractivity contribution < 1.29 is 4.79 Å². The first-order valence-corrected chi connectivity index (χ1v) is 10.5. The largest absolute Gasteiger partial charge is 0.352 e. The first-order valence-electron chi connectivity index (χ1n) is 9.51. The first kappa shape index (κ1) is 19.4. The number of amides is 1. The Morgan fingerprint density at radius 3 is 2.69 bits per heavy atom. The second-order valence-electron chi connectivity index (χ2n) is 6.99. The highest BCUT2D eigenvalue weighted by atomic mass is 32.2. The number of thioether (sulfide) groups is 1. The van der Waals surface area contributed by atoms with Crippen molar-refractivity contribution in [3.63, 3.8) is 0 Å². The van der Waals surface area contributed by atoms with Crippen LogP contribution < -0.4 is 4.90 Å². The van der Waals surface area contributed by atoms with E-state index in [1.165, 1.54) is 17.3 Å². The van der Waals surface area contributed by atoms with Gasteiger partial charge in [0.05, 0.1) is 17.6 Å². The van der Waals surface area contributed by atoms with Crippen molar-refractivity contribution in [2.45, 2.75) is 19.0 Å². The fourth-order valence-electron chi connectivity index (χ4n) is 3.42. The molecule has 1 amide bonds. The van der Waals surface area contributed by atoms with Crippen molar-refractivity contribution >= 4 is 23.5 Å². The summed E-state index contributed by atoms with van der Waals surface area (Å²) < 4.78 is 1.94. The number of benzene rings is 1. The molecule has 4 rings (SSSR count). The smallest absolute Gasteiger partial charge is 0.233 e. The van der Waals surface area contributed by atoms with Crippen LogP contribution >= 0.6 is 11.8 Å². The molecule has 3 aromatic rings. The predicted molar refractivity (Wildman–Crippen MR) is 112 cm³/mol. The third kappa shape index (κ3) is 4.40. The molecule has 0 saturated carbocycles. The number of aryl methyl sites for hydroxylation is 2. The van der Waals surface area contributed by atoms with Crippen LogP contribution in [0, 0.1) is 13.8 Å². The van der Waals surface area contributed by atoms with Crippen molar-refractivity contribution in [3.05, 3.63) is 54.2 Å². The maximum absolute atomic E-state index is 12.7. The van der Waals surface area contributed by atoms with Gasteiger partial charge >= 0.3 is 0 Å². The van der Waals surface area contributed by atoms with E-state index in [-0.39, 0.29) is 5.91 Å². The van der Waals surface area contributed by atoms with Gasteiger partial charge in [-0.1, -0.05) is 29.5 Å². The molecule has 1 aliphatic rings. The SMILES string of the molecule is Cc1ccc(-n2cnnc2SCC(=O)N2CCN(c3cnccn3)CC2)c(C)c1. The van der Waals surface area contributed by atoms with Crippen LogP contribution in [-0.2, 0) is 4.79 Å². The number of aromatic nitrogens is 5. The maximum Gasteiger partial charge on any atom is 0.233 e. The lowest BCUT2D eigenvalue weighted by Crippen LogP contribution is -2.49. The summed E-state index contributed by atoms with van der Waals surface area (Å²) in [5.41, 5.74) is 3.40. The van der Waals surface area contributed by atoms with Gasteiger partial charge in [0, 0.05) is 38.6 Å². The molecule has 2 aromatic heterocycles. The molecule has 150 valence electrons. The third-order valence-corrected chi connectivity index (χ3v) is 5.89. The highest BCUT2D eigenvalue weighted by Gasteiger charge is 2.22. The van der Waals surface area contributed by atoms with Crippen LogP contribution in [0.4, 0.5) is 5.82 Å². The Morgan fingerprint density at radius 2 is 1.97 bits per heavy atom. The Labute approximate surface area is 174 Å². The molecule has 1 saturated heterocycles.